The molecule has 0 fully saturated rings. The zero-order valence-corrected chi connectivity index (χ0v) is 13.7. The van der Waals surface area contributed by atoms with Gasteiger partial charge in [0.15, 0.2) is 0 Å². The Bertz CT molecular complexity index is 628. The summed E-state index contributed by atoms with van der Waals surface area (Å²) in [6.07, 6.45) is 0.772. The number of urea groups is 1. The molecule has 0 heterocycles. The van der Waals surface area contributed by atoms with E-state index in [4.69, 9.17) is 5.11 Å². The number of hydrogen-bond acceptors (Lipinski definition) is 2. The van der Waals surface area contributed by atoms with Crippen molar-refractivity contribution >= 4 is 6.03 Å². The van der Waals surface area contributed by atoms with Crippen LogP contribution >= 0.6 is 0 Å². The molecule has 2 rings (SSSR count). The number of likely N-dealkylation sites (N-methyl/N-ethyl adjacent to an activating group) is 1. The summed E-state index contributed by atoms with van der Waals surface area (Å²) in [4.78, 5) is 13.4. The van der Waals surface area contributed by atoms with Crippen molar-refractivity contribution in [1.29, 1.82) is 0 Å². The average Bonchev–Trinajstić information content (AvgIpc) is 2.61. The van der Waals surface area contributed by atoms with Gasteiger partial charge in [0, 0.05) is 13.6 Å². The van der Waals surface area contributed by atoms with Crippen molar-refractivity contribution in [2.24, 2.45) is 0 Å². The Kier molecular flexibility index (Phi) is 6.18. The lowest BCUT2D eigenvalue weighted by Gasteiger charge is -2.23. The number of amides is 2. The predicted molar refractivity (Wildman–Crippen MR) is 93.3 cm³/mol. The molecule has 0 spiro atoms. The first kappa shape index (κ1) is 17.0. The third kappa shape index (κ3) is 4.83. The molecule has 0 aliphatic rings. The molecule has 23 heavy (non-hydrogen) atoms. The molecule has 122 valence electrons. The fraction of sp³-hybridized carbons (Fsp3) is 0.316. The highest BCUT2D eigenvalue weighted by molar-refractivity contribution is 5.74. The molecule has 1 unspecified atom stereocenters. The summed E-state index contributed by atoms with van der Waals surface area (Å²) < 4.78 is 0. The second-order valence-electron chi connectivity index (χ2n) is 5.69. The largest absolute Gasteiger partial charge is 0.394 e. The van der Waals surface area contributed by atoms with Crippen molar-refractivity contribution in [3.63, 3.8) is 0 Å². The van der Waals surface area contributed by atoms with Gasteiger partial charge >= 0.3 is 6.03 Å². The summed E-state index contributed by atoms with van der Waals surface area (Å²) in [6, 6.07) is 18.3. The Labute approximate surface area is 137 Å². The number of carbonyl (C=O) groups is 1. The lowest BCUT2D eigenvalue weighted by Crippen LogP contribution is -2.44. The third-order valence-corrected chi connectivity index (χ3v) is 3.97. The van der Waals surface area contributed by atoms with Crippen LogP contribution in [0.5, 0.6) is 0 Å². The van der Waals surface area contributed by atoms with Gasteiger partial charge in [-0.1, -0.05) is 54.6 Å². The minimum absolute atomic E-state index is 0.0386. The van der Waals surface area contributed by atoms with E-state index < -0.39 is 0 Å². The first-order valence-electron chi connectivity index (χ1n) is 7.87. The lowest BCUT2D eigenvalue weighted by molar-refractivity contribution is 0.157. The summed E-state index contributed by atoms with van der Waals surface area (Å²) in [5, 5.41) is 12.0. The van der Waals surface area contributed by atoms with Gasteiger partial charge in [-0.05, 0) is 30.0 Å². The SMILES string of the molecule is CC(CO)N(C)C(=O)NCCc1cccc(-c2ccccc2)c1. The van der Waals surface area contributed by atoms with Crippen LogP contribution in [-0.4, -0.2) is 42.3 Å². The fourth-order valence-electron chi connectivity index (χ4n) is 2.30. The molecule has 0 saturated carbocycles. The molecule has 0 aliphatic carbocycles. The topological polar surface area (TPSA) is 52.6 Å². The van der Waals surface area contributed by atoms with Gasteiger partial charge in [-0.25, -0.2) is 4.79 Å². The standard InChI is InChI=1S/C19H24N2O2/c1-15(14-22)21(2)19(23)20-12-11-16-7-6-10-18(13-16)17-8-4-3-5-9-17/h3-10,13,15,22H,11-12,14H2,1-2H3,(H,20,23). The van der Waals surface area contributed by atoms with E-state index in [0.29, 0.717) is 6.54 Å². The molecule has 4 nitrogen and oxygen atoms in total. The maximum Gasteiger partial charge on any atom is 0.317 e. The zero-order chi connectivity index (χ0) is 16.7. The first-order valence-corrected chi connectivity index (χ1v) is 7.87. The van der Waals surface area contributed by atoms with Crippen molar-refractivity contribution in [3.05, 3.63) is 60.2 Å². The molecule has 0 radical (unpaired) electrons. The summed E-state index contributed by atoms with van der Waals surface area (Å²) in [5.74, 6) is 0. The Balaban J connectivity index is 1.91. The van der Waals surface area contributed by atoms with Crippen molar-refractivity contribution in [3.8, 4) is 11.1 Å². The number of aliphatic hydroxyl groups is 1. The number of hydrogen-bond donors (Lipinski definition) is 2. The van der Waals surface area contributed by atoms with Crippen LogP contribution in [0, 0.1) is 0 Å². The third-order valence-electron chi connectivity index (χ3n) is 3.97. The molecule has 0 aromatic heterocycles. The first-order chi connectivity index (χ1) is 11.1. The van der Waals surface area contributed by atoms with Gasteiger partial charge in [0.05, 0.1) is 12.6 Å². The highest BCUT2D eigenvalue weighted by atomic mass is 16.3. The summed E-state index contributed by atoms with van der Waals surface area (Å²) in [5.41, 5.74) is 3.56. The van der Waals surface area contributed by atoms with Crippen molar-refractivity contribution < 1.29 is 9.90 Å². The van der Waals surface area contributed by atoms with E-state index in [0.717, 1.165) is 6.42 Å². The molecular formula is C19H24N2O2. The van der Waals surface area contributed by atoms with Crippen LogP contribution in [0.15, 0.2) is 54.6 Å². The predicted octanol–water partition coefficient (Wildman–Crippen LogP) is 2.92. The molecular weight excluding hydrogens is 288 g/mol. The molecule has 1 atom stereocenters. The van der Waals surface area contributed by atoms with E-state index in [1.165, 1.54) is 21.6 Å². The van der Waals surface area contributed by atoms with Crippen LogP contribution in [0.25, 0.3) is 11.1 Å². The van der Waals surface area contributed by atoms with Crippen LogP contribution < -0.4 is 5.32 Å². The van der Waals surface area contributed by atoms with Crippen molar-refractivity contribution in [2.45, 2.75) is 19.4 Å². The van der Waals surface area contributed by atoms with Crippen LogP contribution in [0.3, 0.4) is 0 Å². The van der Waals surface area contributed by atoms with E-state index >= 15 is 0 Å². The number of aliphatic hydroxyl groups excluding tert-OH is 1. The molecule has 2 aromatic carbocycles. The minimum Gasteiger partial charge on any atom is -0.394 e. The number of carbonyl (C=O) groups excluding carboxylic acids is 1. The number of rotatable bonds is 6. The van der Waals surface area contributed by atoms with E-state index in [-0.39, 0.29) is 18.7 Å². The molecule has 4 heteroatoms. The van der Waals surface area contributed by atoms with Crippen LogP contribution in [0.2, 0.25) is 0 Å². The van der Waals surface area contributed by atoms with E-state index in [1.807, 2.05) is 31.2 Å². The monoisotopic (exact) mass is 312 g/mol. The smallest absolute Gasteiger partial charge is 0.317 e. The van der Waals surface area contributed by atoms with Crippen LogP contribution in [-0.2, 0) is 6.42 Å². The summed E-state index contributed by atoms with van der Waals surface area (Å²) >= 11 is 0. The van der Waals surface area contributed by atoms with Crippen LogP contribution in [0.1, 0.15) is 12.5 Å². The van der Waals surface area contributed by atoms with Gasteiger partial charge in [0.25, 0.3) is 0 Å². The number of benzene rings is 2. The average molecular weight is 312 g/mol. The molecule has 0 aliphatic heterocycles. The fourth-order valence-corrected chi connectivity index (χ4v) is 2.30. The Morgan fingerprint density at radius 1 is 1.13 bits per heavy atom. The Hall–Kier alpha value is -2.33. The van der Waals surface area contributed by atoms with Crippen molar-refractivity contribution in [1.82, 2.24) is 10.2 Å². The van der Waals surface area contributed by atoms with E-state index in [2.05, 4.69) is 35.6 Å². The van der Waals surface area contributed by atoms with Crippen LogP contribution in [0.4, 0.5) is 4.79 Å². The molecule has 2 amide bonds. The van der Waals surface area contributed by atoms with Gasteiger partial charge in [-0.2, -0.15) is 0 Å². The Morgan fingerprint density at radius 2 is 1.83 bits per heavy atom. The van der Waals surface area contributed by atoms with Gasteiger partial charge in [0.2, 0.25) is 0 Å². The van der Waals surface area contributed by atoms with Gasteiger partial charge < -0.3 is 15.3 Å². The summed E-state index contributed by atoms with van der Waals surface area (Å²) in [6.45, 7) is 2.34. The zero-order valence-electron chi connectivity index (χ0n) is 13.7. The number of nitrogens with one attached hydrogen (secondary N) is 1. The molecule has 0 saturated heterocycles. The van der Waals surface area contributed by atoms with Gasteiger partial charge in [-0.3, -0.25) is 0 Å². The number of nitrogens with zero attached hydrogens (tertiary/aromatic N) is 1. The quantitative estimate of drug-likeness (QED) is 0.861. The molecule has 2 aromatic rings. The molecule has 2 N–H and O–H groups in total. The second-order valence-corrected chi connectivity index (χ2v) is 5.69. The molecule has 0 bridgehead atoms. The lowest BCUT2D eigenvalue weighted by atomic mass is 10.0. The maximum atomic E-state index is 11.9. The maximum absolute atomic E-state index is 11.9. The Morgan fingerprint density at radius 3 is 2.52 bits per heavy atom. The van der Waals surface area contributed by atoms with Gasteiger partial charge in [0.1, 0.15) is 0 Å². The van der Waals surface area contributed by atoms with E-state index in [9.17, 15) is 4.79 Å². The normalized spacial score (nSPS) is 11.8. The second kappa shape index (κ2) is 8.34. The summed E-state index contributed by atoms with van der Waals surface area (Å²) in [7, 11) is 1.69. The van der Waals surface area contributed by atoms with E-state index in [1.54, 1.807) is 7.05 Å². The minimum atomic E-state index is -0.184. The van der Waals surface area contributed by atoms with Gasteiger partial charge in [-0.15, -0.1) is 0 Å². The highest BCUT2D eigenvalue weighted by Crippen LogP contribution is 2.20. The van der Waals surface area contributed by atoms with Crippen molar-refractivity contribution in [2.75, 3.05) is 20.2 Å². The highest BCUT2D eigenvalue weighted by Gasteiger charge is 2.13.